The van der Waals surface area contributed by atoms with Gasteiger partial charge in [0.25, 0.3) is 5.82 Å². The zero-order valence-electron chi connectivity index (χ0n) is 9.40. The number of aromatic nitrogens is 3. The smallest absolute Gasteiger partial charge is 0.378 e. The Balaban J connectivity index is 2.59. The molecule has 0 aliphatic carbocycles. The second kappa shape index (κ2) is 6.49. The number of carbonyl (C=O) groups is 1. The maximum Gasteiger partial charge on any atom is 0.378 e. The summed E-state index contributed by atoms with van der Waals surface area (Å²) in [7, 11) is 0. The summed E-state index contributed by atoms with van der Waals surface area (Å²) in [6.07, 6.45) is 2.80. The predicted octanol–water partition coefficient (Wildman–Crippen LogP) is 0.734. The van der Waals surface area contributed by atoms with Crippen LogP contribution in [0.15, 0.2) is 0 Å². The van der Waals surface area contributed by atoms with E-state index in [1.165, 1.54) is 0 Å². The van der Waals surface area contributed by atoms with Crippen LogP contribution in [0.1, 0.15) is 35.8 Å². The molecular formula is C9H16N4O2S. The lowest BCUT2D eigenvalue weighted by atomic mass is 10.2. The number of nitrogens with zero attached hydrogens (tertiary/aromatic N) is 2. The Hall–Kier alpha value is -1.08. The lowest BCUT2D eigenvalue weighted by Gasteiger charge is -2.05. The van der Waals surface area contributed by atoms with Crippen molar-refractivity contribution in [2.24, 2.45) is 5.73 Å². The highest BCUT2D eigenvalue weighted by Crippen LogP contribution is 2.11. The van der Waals surface area contributed by atoms with Crippen LogP contribution in [0.4, 0.5) is 0 Å². The molecule has 0 aliphatic heterocycles. The lowest BCUT2D eigenvalue weighted by Crippen LogP contribution is -2.13. The highest BCUT2D eigenvalue weighted by Gasteiger charge is 2.16. The highest BCUT2D eigenvalue weighted by atomic mass is 32.2. The standard InChI is InChI=1S/C9H16N4O2S/c1-3-15-9(14)8-11-7(12-13-8)6(10)4-5-16-2/h6H,3-5,10H2,1-2H3,(H,11,12,13)/t6-/m1/s1. The zero-order valence-corrected chi connectivity index (χ0v) is 10.2. The molecule has 1 aromatic rings. The Labute approximate surface area is 98.3 Å². The monoisotopic (exact) mass is 244 g/mol. The van der Waals surface area contributed by atoms with Gasteiger partial charge in [-0.05, 0) is 25.4 Å². The molecule has 3 N–H and O–H groups in total. The van der Waals surface area contributed by atoms with E-state index >= 15 is 0 Å². The largest absolute Gasteiger partial charge is 0.460 e. The molecule has 0 radical (unpaired) electrons. The SMILES string of the molecule is CCOC(=O)c1n[nH]c([C@H](N)CCSC)n1. The first-order valence-electron chi connectivity index (χ1n) is 5.03. The average molecular weight is 244 g/mol. The summed E-state index contributed by atoms with van der Waals surface area (Å²) in [6, 6.07) is -0.219. The quantitative estimate of drug-likeness (QED) is 0.717. The molecule has 0 saturated heterocycles. The van der Waals surface area contributed by atoms with Gasteiger partial charge in [-0.25, -0.2) is 9.78 Å². The third-order valence-corrected chi connectivity index (χ3v) is 2.59. The Bertz CT molecular complexity index is 342. The molecule has 0 aliphatic rings. The van der Waals surface area contributed by atoms with E-state index < -0.39 is 5.97 Å². The van der Waals surface area contributed by atoms with Crippen LogP contribution in [0.25, 0.3) is 0 Å². The van der Waals surface area contributed by atoms with Crippen molar-refractivity contribution in [2.75, 3.05) is 18.6 Å². The fourth-order valence-electron chi connectivity index (χ4n) is 1.11. The van der Waals surface area contributed by atoms with E-state index in [4.69, 9.17) is 10.5 Å². The molecule has 1 aromatic heterocycles. The van der Waals surface area contributed by atoms with Crippen LogP contribution in [-0.4, -0.2) is 39.8 Å². The van der Waals surface area contributed by atoms with Crippen LogP contribution in [0.5, 0.6) is 0 Å². The number of thioether (sulfide) groups is 1. The molecule has 0 unspecified atom stereocenters. The molecular weight excluding hydrogens is 228 g/mol. The molecule has 0 amide bonds. The van der Waals surface area contributed by atoms with Crippen molar-refractivity contribution >= 4 is 17.7 Å². The number of nitrogens with two attached hydrogens (primary N) is 1. The fraction of sp³-hybridized carbons (Fsp3) is 0.667. The van der Waals surface area contributed by atoms with Gasteiger partial charge >= 0.3 is 5.97 Å². The lowest BCUT2D eigenvalue weighted by molar-refractivity contribution is 0.0512. The molecule has 0 saturated carbocycles. The third kappa shape index (κ3) is 3.49. The molecule has 1 heterocycles. The van der Waals surface area contributed by atoms with E-state index in [2.05, 4.69) is 15.2 Å². The van der Waals surface area contributed by atoms with Crippen molar-refractivity contribution in [2.45, 2.75) is 19.4 Å². The van der Waals surface area contributed by atoms with E-state index in [1.54, 1.807) is 18.7 Å². The first-order chi connectivity index (χ1) is 7.69. The molecule has 0 spiro atoms. The minimum atomic E-state index is -0.526. The number of rotatable bonds is 6. The number of hydrogen-bond donors (Lipinski definition) is 2. The van der Waals surface area contributed by atoms with Crippen LogP contribution in [0.3, 0.4) is 0 Å². The van der Waals surface area contributed by atoms with Gasteiger partial charge in [-0.1, -0.05) is 0 Å². The van der Waals surface area contributed by atoms with Gasteiger partial charge in [0, 0.05) is 0 Å². The molecule has 1 rings (SSSR count). The van der Waals surface area contributed by atoms with Crippen molar-refractivity contribution in [3.63, 3.8) is 0 Å². The summed E-state index contributed by atoms with van der Waals surface area (Å²) >= 11 is 1.71. The fourth-order valence-corrected chi connectivity index (χ4v) is 1.60. The number of esters is 1. The van der Waals surface area contributed by atoms with Crippen molar-refractivity contribution in [1.82, 2.24) is 15.2 Å². The molecule has 6 nitrogen and oxygen atoms in total. The van der Waals surface area contributed by atoms with Gasteiger partial charge in [0.2, 0.25) is 0 Å². The van der Waals surface area contributed by atoms with E-state index in [0.29, 0.717) is 12.4 Å². The molecule has 0 bridgehead atoms. The number of carbonyl (C=O) groups excluding carboxylic acids is 1. The van der Waals surface area contributed by atoms with Gasteiger partial charge in [-0.2, -0.15) is 11.8 Å². The number of hydrogen-bond acceptors (Lipinski definition) is 6. The van der Waals surface area contributed by atoms with Crippen LogP contribution in [0.2, 0.25) is 0 Å². The Morgan fingerprint density at radius 3 is 3.06 bits per heavy atom. The van der Waals surface area contributed by atoms with E-state index in [9.17, 15) is 4.79 Å². The highest BCUT2D eigenvalue weighted by molar-refractivity contribution is 7.98. The molecule has 0 aromatic carbocycles. The van der Waals surface area contributed by atoms with Gasteiger partial charge in [0.1, 0.15) is 5.82 Å². The number of aromatic amines is 1. The number of nitrogens with one attached hydrogen (secondary N) is 1. The van der Waals surface area contributed by atoms with Gasteiger partial charge in [0.05, 0.1) is 12.6 Å². The van der Waals surface area contributed by atoms with Gasteiger partial charge < -0.3 is 10.5 Å². The topological polar surface area (TPSA) is 93.9 Å². The van der Waals surface area contributed by atoms with Crippen LogP contribution < -0.4 is 5.73 Å². The summed E-state index contributed by atoms with van der Waals surface area (Å²) in [5.74, 6) is 0.979. The Morgan fingerprint density at radius 2 is 2.44 bits per heavy atom. The summed E-state index contributed by atoms with van der Waals surface area (Å²) in [6.45, 7) is 2.04. The van der Waals surface area contributed by atoms with E-state index in [0.717, 1.165) is 12.2 Å². The normalized spacial score (nSPS) is 12.4. The third-order valence-electron chi connectivity index (χ3n) is 1.94. The van der Waals surface area contributed by atoms with Gasteiger partial charge in [0.15, 0.2) is 0 Å². The molecule has 7 heteroatoms. The van der Waals surface area contributed by atoms with Crippen molar-refractivity contribution in [1.29, 1.82) is 0 Å². The van der Waals surface area contributed by atoms with Crippen molar-refractivity contribution in [3.05, 3.63) is 11.6 Å². The maximum atomic E-state index is 11.3. The van der Waals surface area contributed by atoms with Crippen LogP contribution in [-0.2, 0) is 4.74 Å². The van der Waals surface area contributed by atoms with Crippen LogP contribution >= 0.6 is 11.8 Å². The summed E-state index contributed by atoms with van der Waals surface area (Å²) < 4.78 is 4.77. The number of ether oxygens (including phenoxy) is 1. The van der Waals surface area contributed by atoms with Crippen molar-refractivity contribution < 1.29 is 9.53 Å². The molecule has 1 atom stereocenters. The maximum absolute atomic E-state index is 11.3. The first kappa shape index (κ1) is 13.0. The predicted molar refractivity (Wildman–Crippen MR) is 62.3 cm³/mol. The first-order valence-corrected chi connectivity index (χ1v) is 6.42. The molecule has 0 fully saturated rings. The van der Waals surface area contributed by atoms with Crippen LogP contribution in [0, 0.1) is 0 Å². The minimum Gasteiger partial charge on any atom is -0.460 e. The summed E-state index contributed by atoms with van der Waals surface area (Å²) in [5.41, 5.74) is 5.87. The van der Waals surface area contributed by atoms with Crippen molar-refractivity contribution in [3.8, 4) is 0 Å². The zero-order chi connectivity index (χ0) is 12.0. The molecule has 90 valence electrons. The van der Waals surface area contributed by atoms with Gasteiger partial charge in [-0.3, -0.25) is 5.10 Å². The van der Waals surface area contributed by atoms with E-state index in [-0.39, 0.29) is 11.9 Å². The second-order valence-corrected chi connectivity index (χ2v) is 4.14. The minimum absolute atomic E-state index is 0.0384. The molecule has 16 heavy (non-hydrogen) atoms. The summed E-state index contributed by atoms with van der Waals surface area (Å²) in [5, 5.41) is 6.42. The second-order valence-electron chi connectivity index (χ2n) is 3.15. The Morgan fingerprint density at radius 1 is 1.69 bits per heavy atom. The average Bonchev–Trinajstić information content (AvgIpc) is 2.75. The van der Waals surface area contributed by atoms with E-state index in [1.807, 2.05) is 6.26 Å². The number of H-pyrrole nitrogens is 1. The Kier molecular flexibility index (Phi) is 5.27. The summed E-state index contributed by atoms with van der Waals surface area (Å²) in [4.78, 5) is 15.3. The van der Waals surface area contributed by atoms with Gasteiger partial charge in [-0.15, -0.1) is 5.10 Å².